The number of rotatable bonds is 3. The van der Waals surface area contributed by atoms with Crippen molar-refractivity contribution in [2.45, 2.75) is 6.42 Å². The molecule has 1 fully saturated rings. The lowest BCUT2D eigenvalue weighted by Gasteiger charge is -2.29. The number of hydrogen-bond donors (Lipinski definition) is 2. The summed E-state index contributed by atoms with van der Waals surface area (Å²) in [6.45, 7) is 4.04. The minimum Gasteiger partial charge on any atom is -0.508 e. The number of nitrogens with zero attached hydrogens (tertiary/aromatic N) is 4. The van der Waals surface area contributed by atoms with E-state index in [4.69, 9.17) is 0 Å². The molecule has 0 aliphatic carbocycles. The van der Waals surface area contributed by atoms with Gasteiger partial charge in [0.05, 0.1) is 0 Å². The molecule has 118 valence electrons. The fraction of sp³-hybridized carbons (Fsp3) is 0.294. The molecule has 1 aliphatic heterocycles. The lowest BCUT2D eigenvalue weighted by atomic mass is 10.1. The van der Waals surface area contributed by atoms with Gasteiger partial charge in [-0.1, -0.05) is 18.2 Å². The summed E-state index contributed by atoms with van der Waals surface area (Å²) in [6, 6.07) is 11.5. The number of piperazine rings is 1. The molecule has 4 rings (SSSR count). The highest BCUT2D eigenvalue weighted by Gasteiger charge is 2.13. The van der Waals surface area contributed by atoms with E-state index in [2.05, 4.69) is 32.4 Å². The van der Waals surface area contributed by atoms with Crippen molar-refractivity contribution in [2.75, 3.05) is 31.1 Å². The van der Waals surface area contributed by atoms with Crippen LogP contribution in [0.2, 0.25) is 0 Å². The van der Waals surface area contributed by atoms with Gasteiger partial charge in [-0.3, -0.25) is 0 Å². The molecule has 1 saturated heterocycles. The molecule has 2 N–H and O–H groups in total. The lowest BCUT2D eigenvalue weighted by molar-refractivity contribution is 0.469. The first-order valence-electron chi connectivity index (χ1n) is 7.87. The topological polar surface area (TPSA) is 65.7 Å². The highest BCUT2D eigenvalue weighted by molar-refractivity contribution is 5.56. The van der Waals surface area contributed by atoms with Gasteiger partial charge in [0, 0.05) is 56.1 Å². The number of para-hydroxylation sites is 1. The van der Waals surface area contributed by atoms with Crippen molar-refractivity contribution in [1.82, 2.24) is 19.9 Å². The summed E-state index contributed by atoms with van der Waals surface area (Å²) in [5.41, 5.74) is 2.86. The maximum Gasteiger partial charge on any atom is 0.157 e. The molecule has 1 aliphatic rings. The Labute approximate surface area is 134 Å². The molecule has 6 nitrogen and oxygen atoms in total. The molecule has 0 saturated carbocycles. The average Bonchev–Trinajstić information content (AvgIpc) is 2.99. The molecule has 2 aromatic heterocycles. The Kier molecular flexibility index (Phi) is 3.59. The molecule has 0 bridgehead atoms. The molecule has 0 atom stereocenters. The van der Waals surface area contributed by atoms with Gasteiger partial charge in [-0.15, -0.1) is 0 Å². The monoisotopic (exact) mass is 309 g/mol. The third-order valence-corrected chi connectivity index (χ3v) is 4.19. The Bertz CT molecular complexity index is 823. The largest absolute Gasteiger partial charge is 0.508 e. The van der Waals surface area contributed by atoms with Crippen molar-refractivity contribution >= 4 is 11.3 Å². The Hall–Kier alpha value is -2.60. The van der Waals surface area contributed by atoms with Crippen LogP contribution in [0, 0.1) is 0 Å². The Morgan fingerprint density at radius 2 is 1.96 bits per heavy atom. The second-order valence-electron chi connectivity index (χ2n) is 5.76. The maximum atomic E-state index is 9.89. The van der Waals surface area contributed by atoms with Gasteiger partial charge in [0.15, 0.2) is 11.5 Å². The second-order valence-corrected chi connectivity index (χ2v) is 5.76. The zero-order valence-corrected chi connectivity index (χ0v) is 12.8. The molecule has 23 heavy (non-hydrogen) atoms. The number of phenols is 1. The van der Waals surface area contributed by atoms with Crippen molar-refractivity contribution in [3.05, 3.63) is 54.0 Å². The number of fused-ring (bicyclic) bond motifs is 1. The molecule has 6 heteroatoms. The number of aromatic hydroxyl groups is 1. The lowest BCUT2D eigenvalue weighted by Crippen LogP contribution is -2.43. The van der Waals surface area contributed by atoms with Crippen molar-refractivity contribution in [3.63, 3.8) is 0 Å². The number of aromatic nitrogens is 3. The molecule has 3 heterocycles. The molecule has 0 spiro atoms. The van der Waals surface area contributed by atoms with Crippen LogP contribution in [0.5, 0.6) is 5.75 Å². The van der Waals surface area contributed by atoms with E-state index in [-0.39, 0.29) is 5.75 Å². The Morgan fingerprint density at radius 1 is 1.13 bits per heavy atom. The zero-order chi connectivity index (χ0) is 15.6. The quantitative estimate of drug-likeness (QED) is 0.766. The van der Waals surface area contributed by atoms with E-state index in [0.717, 1.165) is 37.4 Å². The Balaban J connectivity index is 1.61. The molecule has 0 amide bonds. The third kappa shape index (κ3) is 2.85. The summed E-state index contributed by atoms with van der Waals surface area (Å²) in [5, 5.41) is 17.7. The van der Waals surface area contributed by atoms with Crippen LogP contribution in [0.3, 0.4) is 0 Å². The molecular weight excluding hydrogens is 290 g/mol. The minimum absolute atomic E-state index is 0.285. The van der Waals surface area contributed by atoms with Crippen LogP contribution in [0.1, 0.15) is 11.4 Å². The standard InChI is InChI=1S/C17H19N5O/c23-15-4-2-1-3-13(15)11-16-19-17-12-14(5-8-22(17)20-16)21-9-6-18-7-10-21/h1-5,8,12,18,23H,6-7,9-11H2. The molecule has 0 radical (unpaired) electrons. The van der Waals surface area contributed by atoms with Crippen LogP contribution in [0.25, 0.3) is 5.65 Å². The van der Waals surface area contributed by atoms with E-state index in [0.29, 0.717) is 12.2 Å². The van der Waals surface area contributed by atoms with Crippen molar-refractivity contribution < 1.29 is 5.11 Å². The van der Waals surface area contributed by atoms with Gasteiger partial charge in [0.25, 0.3) is 0 Å². The number of anilines is 1. The average molecular weight is 309 g/mol. The van der Waals surface area contributed by atoms with Gasteiger partial charge >= 0.3 is 0 Å². The number of pyridine rings is 1. The van der Waals surface area contributed by atoms with Gasteiger partial charge in [-0.2, -0.15) is 5.10 Å². The van der Waals surface area contributed by atoms with Crippen molar-refractivity contribution in [1.29, 1.82) is 0 Å². The number of phenolic OH excluding ortho intramolecular Hbond substituents is 1. The predicted molar refractivity (Wildman–Crippen MR) is 89.0 cm³/mol. The Morgan fingerprint density at radius 3 is 2.78 bits per heavy atom. The van der Waals surface area contributed by atoms with Crippen LogP contribution < -0.4 is 10.2 Å². The first-order valence-corrected chi connectivity index (χ1v) is 7.87. The fourth-order valence-corrected chi connectivity index (χ4v) is 2.94. The van der Waals surface area contributed by atoms with E-state index in [1.807, 2.05) is 24.4 Å². The molecule has 0 unspecified atom stereocenters. The SMILES string of the molecule is Oc1ccccc1Cc1nc2cc(N3CCNCC3)ccn2n1. The van der Waals surface area contributed by atoms with E-state index in [9.17, 15) is 5.11 Å². The van der Waals surface area contributed by atoms with Gasteiger partial charge in [0.1, 0.15) is 5.75 Å². The van der Waals surface area contributed by atoms with Crippen molar-refractivity contribution in [2.24, 2.45) is 0 Å². The highest BCUT2D eigenvalue weighted by atomic mass is 16.3. The van der Waals surface area contributed by atoms with E-state index >= 15 is 0 Å². The van der Waals surface area contributed by atoms with E-state index < -0.39 is 0 Å². The summed E-state index contributed by atoms with van der Waals surface area (Å²) in [7, 11) is 0. The van der Waals surface area contributed by atoms with Crippen LogP contribution >= 0.6 is 0 Å². The summed E-state index contributed by atoms with van der Waals surface area (Å²) >= 11 is 0. The van der Waals surface area contributed by atoms with Gasteiger partial charge < -0.3 is 15.3 Å². The summed E-state index contributed by atoms with van der Waals surface area (Å²) in [5.74, 6) is 0.997. The van der Waals surface area contributed by atoms with Crippen LogP contribution in [-0.2, 0) is 6.42 Å². The molecule has 1 aromatic carbocycles. The zero-order valence-electron chi connectivity index (χ0n) is 12.8. The highest BCUT2D eigenvalue weighted by Crippen LogP contribution is 2.20. The number of hydrogen-bond acceptors (Lipinski definition) is 5. The van der Waals surface area contributed by atoms with Gasteiger partial charge in [0.2, 0.25) is 0 Å². The third-order valence-electron chi connectivity index (χ3n) is 4.19. The van der Waals surface area contributed by atoms with Crippen LogP contribution in [-0.4, -0.2) is 45.9 Å². The summed E-state index contributed by atoms with van der Waals surface area (Å²) in [6.07, 6.45) is 2.48. The maximum absolute atomic E-state index is 9.89. The normalized spacial score (nSPS) is 15.2. The first-order chi connectivity index (χ1) is 11.3. The van der Waals surface area contributed by atoms with Crippen LogP contribution in [0.4, 0.5) is 5.69 Å². The predicted octanol–water partition coefficient (Wildman–Crippen LogP) is 1.44. The summed E-state index contributed by atoms with van der Waals surface area (Å²) < 4.78 is 1.79. The van der Waals surface area contributed by atoms with Gasteiger partial charge in [-0.25, -0.2) is 9.50 Å². The van der Waals surface area contributed by atoms with Crippen LogP contribution in [0.15, 0.2) is 42.6 Å². The number of nitrogens with one attached hydrogen (secondary N) is 1. The fourth-order valence-electron chi connectivity index (χ4n) is 2.94. The van der Waals surface area contributed by atoms with E-state index in [1.165, 1.54) is 5.69 Å². The number of benzene rings is 1. The summed E-state index contributed by atoms with van der Waals surface area (Å²) in [4.78, 5) is 6.96. The van der Waals surface area contributed by atoms with E-state index in [1.54, 1.807) is 10.6 Å². The van der Waals surface area contributed by atoms with Crippen molar-refractivity contribution in [3.8, 4) is 5.75 Å². The molecule has 3 aromatic rings. The first kappa shape index (κ1) is 14.0. The molecular formula is C17H19N5O. The smallest absolute Gasteiger partial charge is 0.157 e. The second kappa shape index (κ2) is 5.89. The van der Waals surface area contributed by atoms with Gasteiger partial charge in [-0.05, 0) is 12.1 Å². The minimum atomic E-state index is 0.285.